The van der Waals surface area contributed by atoms with Crippen LogP contribution in [0.15, 0.2) is 20.0 Å². The predicted octanol–water partition coefficient (Wildman–Crippen LogP) is -0.658. The first-order valence-corrected chi connectivity index (χ1v) is 24.8. The van der Waals surface area contributed by atoms with Gasteiger partial charge >= 0.3 is 132 Å². The quantitative estimate of drug-likeness (QED) is 0.558. The van der Waals surface area contributed by atoms with Crippen molar-refractivity contribution in [2.75, 3.05) is 0 Å². The third-order valence-corrected chi connectivity index (χ3v) is 79.4. The fraction of sp³-hybridized carbons (Fsp3) is 0.750. The molecule has 0 radical (unpaired) electrons. The summed E-state index contributed by atoms with van der Waals surface area (Å²) in [5.74, 6) is 0. The van der Waals surface area contributed by atoms with Crippen LogP contribution >= 0.6 is 0 Å². The van der Waals surface area contributed by atoms with Gasteiger partial charge in [-0.25, -0.2) is 0 Å². The minimum absolute atomic E-state index is 0. The van der Waals surface area contributed by atoms with Crippen molar-refractivity contribution in [1.82, 2.24) is 0 Å². The third kappa shape index (κ3) is 3.63. The molecule has 0 bridgehead atoms. The minimum atomic E-state index is -2.82. The van der Waals surface area contributed by atoms with E-state index in [1.165, 1.54) is 5.57 Å². The summed E-state index contributed by atoms with van der Waals surface area (Å²) in [5.41, 5.74) is 4.86. The maximum atomic E-state index is 7.50. The van der Waals surface area contributed by atoms with Crippen LogP contribution in [0.5, 0.6) is 0 Å². The second-order valence-electron chi connectivity index (χ2n) is 9.18. The fourth-order valence-corrected chi connectivity index (χ4v) is 86.3. The molecule has 1 rings (SSSR count). The molecular formula is C16H35Cl2NSi2Zr. The van der Waals surface area contributed by atoms with Crippen molar-refractivity contribution >= 4 is 10.4 Å². The van der Waals surface area contributed by atoms with E-state index >= 15 is 0 Å². The van der Waals surface area contributed by atoms with Crippen molar-refractivity contribution in [2.45, 2.75) is 73.9 Å². The Morgan fingerprint density at radius 2 is 1.09 bits per heavy atom. The average Bonchev–Trinajstić information content (AvgIpc) is 2.36. The monoisotopic (exact) mass is 457 g/mol. The van der Waals surface area contributed by atoms with E-state index in [0.717, 1.165) is 0 Å². The first kappa shape index (κ1) is 25.6. The average molecular weight is 460 g/mol. The second-order valence-corrected chi connectivity index (χ2v) is 57.8. The molecule has 0 fully saturated rings. The van der Waals surface area contributed by atoms with Gasteiger partial charge in [-0.3, -0.25) is 0 Å². The summed E-state index contributed by atoms with van der Waals surface area (Å²) in [6.07, 6.45) is 0. The van der Waals surface area contributed by atoms with E-state index in [2.05, 4.69) is 73.9 Å². The van der Waals surface area contributed by atoms with Crippen molar-refractivity contribution in [3.05, 3.63) is 20.0 Å². The summed E-state index contributed by atoms with van der Waals surface area (Å²) in [4.78, 5) is 0. The molecule has 2 N–H and O–H groups in total. The smallest absolute Gasteiger partial charge is 1.00 e. The fourth-order valence-electron chi connectivity index (χ4n) is 4.26. The zero-order valence-electron chi connectivity index (χ0n) is 16.3. The van der Waals surface area contributed by atoms with Crippen molar-refractivity contribution < 1.29 is 43.7 Å². The Hall–Kier alpha value is 1.34. The van der Waals surface area contributed by atoms with Gasteiger partial charge in [0.2, 0.25) is 0 Å². The molecule has 0 heterocycles. The van der Waals surface area contributed by atoms with Crippen molar-refractivity contribution in [3.63, 3.8) is 0 Å². The molecule has 0 aromatic heterocycles. The maximum absolute atomic E-state index is 7.50. The van der Waals surface area contributed by atoms with Crippen LogP contribution in [0.1, 0.15) is 34.6 Å². The van der Waals surface area contributed by atoms with Gasteiger partial charge in [0.1, 0.15) is 0 Å². The SMILES string of the molecule is CC1=C(C)C(C)(C)[C]([Zr+2]([NH2])([Si](C)(C)C)[Si](C)(C)C)=C1C.[Cl-].[Cl-]. The molecule has 0 amide bonds. The number of hydrogen-bond donors (Lipinski definition) is 1. The van der Waals surface area contributed by atoms with Crippen LogP contribution in [0.3, 0.4) is 0 Å². The van der Waals surface area contributed by atoms with E-state index in [0.29, 0.717) is 0 Å². The van der Waals surface area contributed by atoms with Crippen LogP contribution in [0.2, 0.25) is 39.3 Å². The Balaban J connectivity index is 0. The largest absolute Gasteiger partial charge is 1.00 e. The Labute approximate surface area is 156 Å². The Bertz CT molecular complexity index is 483. The van der Waals surface area contributed by atoms with E-state index < -0.39 is 29.3 Å². The molecule has 0 atom stereocenters. The summed E-state index contributed by atoms with van der Waals surface area (Å²) >= 11 is -2.82. The van der Waals surface area contributed by atoms with E-state index in [1.54, 1.807) is 14.4 Å². The summed E-state index contributed by atoms with van der Waals surface area (Å²) in [6, 6.07) is 0. The van der Waals surface area contributed by atoms with Gasteiger partial charge in [-0.15, -0.1) is 0 Å². The number of allylic oxidation sites excluding steroid dienone is 4. The van der Waals surface area contributed by atoms with Gasteiger partial charge in [-0.05, 0) is 0 Å². The van der Waals surface area contributed by atoms with Crippen molar-refractivity contribution in [1.29, 1.82) is 0 Å². The number of hydrogen-bond acceptors (Lipinski definition) is 1. The molecule has 22 heavy (non-hydrogen) atoms. The molecule has 0 saturated carbocycles. The van der Waals surface area contributed by atoms with Gasteiger partial charge in [0.05, 0.1) is 0 Å². The Morgan fingerprint density at radius 3 is 1.27 bits per heavy atom. The van der Waals surface area contributed by atoms with Crippen LogP contribution in [0.4, 0.5) is 0 Å². The van der Waals surface area contributed by atoms with E-state index in [-0.39, 0.29) is 30.2 Å². The predicted molar refractivity (Wildman–Crippen MR) is 95.7 cm³/mol. The minimum Gasteiger partial charge on any atom is -1.00 e. The molecule has 6 heteroatoms. The van der Waals surface area contributed by atoms with E-state index in [9.17, 15) is 0 Å². The third-order valence-electron chi connectivity index (χ3n) is 5.82. The zero-order valence-corrected chi connectivity index (χ0v) is 22.3. The number of rotatable bonds is 3. The van der Waals surface area contributed by atoms with Crippen LogP contribution in [0.25, 0.3) is 0 Å². The van der Waals surface area contributed by atoms with Gasteiger partial charge in [0.15, 0.2) is 0 Å². The van der Waals surface area contributed by atoms with E-state index in [4.69, 9.17) is 3.68 Å². The van der Waals surface area contributed by atoms with Crippen LogP contribution in [-0.2, 0) is 18.9 Å². The molecule has 0 saturated heterocycles. The number of nitrogens with two attached hydrogens (primary N) is 1. The first-order valence-electron chi connectivity index (χ1n) is 7.79. The second kappa shape index (κ2) is 7.29. The van der Waals surface area contributed by atoms with Gasteiger partial charge in [0, 0.05) is 0 Å². The van der Waals surface area contributed by atoms with Crippen LogP contribution in [0, 0.1) is 5.41 Å². The van der Waals surface area contributed by atoms with Gasteiger partial charge in [-0.1, -0.05) is 0 Å². The van der Waals surface area contributed by atoms with Gasteiger partial charge in [0.25, 0.3) is 0 Å². The van der Waals surface area contributed by atoms with Crippen molar-refractivity contribution in [2.24, 2.45) is 9.09 Å². The standard InChI is InChI=1S/C10H15.2C3H9Si.2ClH.H2N.Zr/c1-7-6-10(4,5)9(3)8(7)2;2*1-4(2)3;;;;/h1-5H3;2*1-3H3;2*1H;1H2;/q;;;;;-1;+3/p-2. The molecule has 0 aromatic rings. The molecule has 0 spiro atoms. The molecule has 0 aromatic carbocycles. The van der Waals surface area contributed by atoms with Crippen LogP contribution in [-0.4, -0.2) is 10.4 Å². The Morgan fingerprint density at radius 1 is 0.773 bits per heavy atom. The normalized spacial score (nSPS) is 18.4. The summed E-state index contributed by atoms with van der Waals surface area (Å²) < 4.78 is 9.26. The van der Waals surface area contributed by atoms with Gasteiger partial charge in [-0.2, -0.15) is 0 Å². The van der Waals surface area contributed by atoms with Crippen molar-refractivity contribution in [3.8, 4) is 0 Å². The van der Waals surface area contributed by atoms with Gasteiger partial charge < -0.3 is 24.8 Å². The topological polar surface area (TPSA) is 26.0 Å². The molecular weight excluding hydrogens is 424 g/mol. The first-order chi connectivity index (χ1) is 8.60. The van der Waals surface area contributed by atoms with Crippen LogP contribution < -0.4 is 28.5 Å². The molecule has 0 unspecified atom stereocenters. The molecule has 1 aliphatic rings. The van der Waals surface area contributed by atoms with E-state index in [1.807, 2.05) is 0 Å². The molecule has 130 valence electrons. The maximum Gasteiger partial charge on any atom is -1.00 e. The molecule has 1 nitrogen and oxygen atoms in total. The summed E-state index contributed by atoms with van der Waals surface area (Å²) in [6.45, 7) is 27.1. The summed E-state index contributed by atoms with van der Waals surface area (Å²) in [7, 11) is 0. The zero-order chi connectivity index (χ0) is 16.3. The summed E-state index contributed by atoms with van der Waals surface area (Å²) in [5, 5.41) is -2.67. The Kier molecular flexibility index (Phi) is 8.48. The molecule has 0 aliphatic heterocycles. The number of halogens is 2. The molecule has 1 aliphatic carbocycles.